The van der Waals surface area contributed by atoms with Gasteiger partial charge in [0.25, 0.3) is 5.22 Å². The molecule has 150 valence electrons. The van der Waals surface area contributed by atoms with Crippen molar-refractivity contribution in [3.05, 3.63) is 64.9 Å². The Morgan fingerprint density at radius 3 is 2.47 bits per heavy atom. The van der Waals surface area contributed by atoms with Gasteiger partial charge in [-0.3, -0.25) is 4.79 Å². The first-order chi connectivity index (χ1) is 14.5. The lowest BCUT2D eigenvalue weighted by atomic mass is 10.2. The summed E-state index contributed by atoms with van der Waals surface area (Å²) in [6.45, 7) is 0. The minimum atomic E-state index is -0.313. The van der Waals surface area contributed by atoms with E-state index in [0.29, 0.717) is 22.3 Å². The number of allylic oxidation sites excluding steroid dienone is 1. The Kier molecular flexibility index (Phi) is 5.48. The summed E-state index contributed by atoms with van der Waals surface area (Å²) in [5.41, 5.74) is 2.65. The largest absolute Gasteiger partial charge is 0.411 e. The Morgan fingerprint density at radius 2 is 1.83 bits per heavy atom. The van der Waals surface area contributed by atoms with Crippen molar-refractivity contribution in [2.45, 2.75) is 5.22 Å². The third-order valence-corrected chi connectivity index (χ3v) is 5.71. The fourth-order valence-corrected chi connectivity index (χ4v) is 4.09. The fourth-order valence-electron chi connectivity index (χ4n) is 3.26. The van der Waals surface area contributed by atoms with Gasteiger partial charge in [0.15, 0.2) is 5.78 Å². The highest BCUT2D eigenvalue weighted by atomic mass is 35.5. The van der Waals surface area contributed by atoms with E-state index in [0.717, 1.165) is 23.1 Å². The number of anilines is 2. The number of aromatic nitrogens is 2. The van der Waals surface area contributed by atoms with Gasteiger partial charge >= 0.3 is 0 Å². The van der Waals surface area contributed by atoms with Crippen molar-refractivity contribution in [1.82, 2.24) is 10.2 Å². The summed E-state index contributed by atoms with van der Waals surface area (Å²) >= 11 is 7.08. The number of rotatable bonds is 5. The summed E-state index contributed by atoms with van der Waals surface area (Å²) in [4.78, 5) is 16.5. The van der Waals surface area contributed by atoms with Gasteiger partial charge in [0, 0.05) is 24.7 Å². The Labute approximate surface area is 182 Å². The lowest BCUT2D eigenvalue weighted by Crippen LogP contribution is -2.26. The van der Waals surface area contributed by atoms with Crippen LogP contribution in [0.1, 0.15) is 0 Å². The summed E-state index contributed by atoms with van der Waals surface area (Å²) in [6, 6.07) is 16.9. The van der Waals surface area contributed by atoms with Gasteiger partial charge in [0.2, 0.25) is 5.89 Å². The molecule has 4 rings (SSSR count). The third kappa shape index (κ3) is 3.65. The van der Waals surface area contributed by atoms with Gasteiger partial charge in [0.05, 0.1) is 17.1 Å². The maximum atomic E-state index is 12.8. The quantitative estimate of drug-likeness (QED) is 0.330. The summed E-state index contributed by atoms with van der Waals surface area (Å²) in [6.07, 6.45) is 0. The number of hydrogen-bond donors (Lipinski definition) is 0. The number of nitrogens with zero attached hydrogens (tertiary/aromatic N) is 5. The number of hydrogen-bond acceptors (Lipinski definition) is 8. The molecule has 1 aliphatic rings. The van der Waals surface area contributed by atoms with Crippen LogP contribution in [0, 0.1) is 11.3 Å². The van der Waals surface area contributed by atoms with E-state index in [-0.39, 0.29) is 22.3 Å². The molecule has 0 N–H and O–H groups in total. The van der Waals surface area contributed by atoms with Crippen LogP contribution in [0.4, 0.5) is 11.4 Å². The number of para-hydroxylation sites is 2. The molecule has 1 aliphatic heterocycles. The van der Waals surface area contributed by atoms with Crippen LogP contribution in [-0.4, -0.2) is 35.8 Å². The Morgan fingerprint density at radius 1 is 1.13 bits per heavy atom. The van der Waals surface area contributed by atoms with Gasteiger partial charge in [-0.15, -0.1) is 10.2 Å². The number of thioether (sulfide) groups is 1. The molecule has 0 unspecified atom stereocenters. The zero-order valence-corrected chi connectivity index (χ0v) is 17.7. The first-order valence-corrected chi connectivity index (χ1v) is 10.3. The molecule has 0 radical (unpaired) electrons. The average molecular weight is 438 g/mol. The van der Waals surface area contributed by atoms with Crippen LogP contribution in [0.5, 0.6) is 0 Å². The van der Waals surface area contributed by atoms with E-state index in [2.05, 4.69) is 16.3 Å². The molecule has 0 aliphatic carbocycles. The van der Waals surface area contributed by atoms with E-state index in [9.17, 15) is 10.1 Å². The van der Waals surface area contributed by atoms with E-state index in [1.165, 1.54) is 0 Å². The van der Waals surface area contributed by atoms with Crippen molar-refractivity contribution in [1.29, 1.82) is 5.26 Å². The zero-order chi connectivity index (χ0) is 21.3. The van der Waals surface area contributed by atoms with Gasteiger partial charge in [-0.25, -0.2) is 0 Å². The first kappa shape index (κ1) is 20.0. The lowest BCUT2D eigenvalue weighted by Gasteiger charge is -2.19. The van der Waals surface area contributed by atoms with E-state index >= 15 is 0 Å². The second kappa shape index (κ2) is 8.22. The zero-order valence-electron chi connectivity index (χ0n) is 16.2. The van der Waals surface area contributed by atoms with E-state index in [1.807, 2.05) is 48.2 Å². The summed E-state index contributed by atoms with van der Waals surface area (Å²) < 4.78 is 5.62. The Hall–Kier alpha value is -3.28. The normalized spacial score (nSPS) is 12.7. The van der Waals surface area contributed by atoms with Gasteiger partial charge in [0.1, 0.15) is 17.5 Å². The summed E-state index contributed by atoms with van der Waals surface area (Å²) in [5, 5.41) is 18.5. The van der Waals surface area contributed by atoms with Gasteiger partial charge in [-0.05, 0) is 30.3 Å². The van der Waals surface area contributed by atoms with Gasteiger partial charge < -0.3 is 14.2 Å². The molecule has 0 fully saturated rings. The predicted molar refractivity (Wildman–Crippen MR) is 116 cm³/mol. The molecule has 7 nitrogen and oxygen atoms in total. The van der Waals surface area contributed by atoms with Crippen LogP contribution >= 0.6 is 23.4 Å². The molecule has 2 aromatic carbocycles. The number of ketones is 1. The van der Waals surface area contributed by atoms with Crippen LogP contribution in [0.25, 0.3) is 11.5 Å². The van der Waals surface area contributed by atoms with Crippen LogP contribution in [0.3, 0.4) is 0 Å². The molecular weight excluding hydrogens is 422 g/mol. The molecule has 0 saturated carbocycles. The maximum absolute atomic E-state index is 12.8. The minimum absolute atomic E-state index is 0.00159. The molecule has 0 amide bonds. The minimum Gasteiger partial charge on any atom is -0.411 e. The van der Waals surface area contributed by atoms with Gasteiger partial charge in [-0.1, -0.05) is 41.6 Å². The van der Waals surface area contributed by atoms with Crippen LogP contribution in [0.2, 0.25) is 5.02 Å². The number of halogens is 1. The van der Waals surface area contributed by atoms with Crippen molar-refractivity contribution in [3.8, 4) is 17.5 Å². The monoisotopic (exact) mass is 437 g/mol. The third-order valence-electron chi connectivity index (χ3n) is 4.66. The molecule has 9 heteroatoms. The number of nitriles is 1. The Balaban J connectivity index is 1.52. The smallest absolute Gasteiger partial charge is 0.277 e. The molecular formula is C21H16ClN5O2S. The standard InChI is InChI=1S/C21H16ClN5O2S/c1-26-16-8-3-4-9-17(16)27(2)20(26)15(11-23)18(28)12-30-21-25-24-19(29-21)13-6-5-7-14(22)10-13/h3-10H,12H2,1-2H3. The number of carbonyl (C=O) groups excluding carboxylic acids is 1. The molecule has 0 atom stereocenters. The molecule has 30 heavy (non-hydrogen) atoms. The molecule has 0 spiro atoms. The van der Waals surface area contributed by atoms with Crippen molar-refractivity contribution < 1.29 is 9.21 Å². The van der Waals surface area contributed by atoms with Crippen LogP contribution in [-0.2, 0) is 4.79 Å². The molecule has 3 aromatic rings. The number of benzene rings is 2. The van der Waals surface area contributed by atoms with Crippen molar-refractivity contribution in [3.63, 3.8) is 0 Å². The second-order valence-corrected chi connectivity index (χ2v) is 7.88. The highest BCUT2D eigenvalue weighted by Gasteiger charge is 2.31. The SMILES string of the molecule is CN1C(=C(C#N)C(=O)CSc2nnc(-c3cccc(Cl)c3)o2)N(C)c2ccccc21. The average Bonchev–Trinajstić information content (AvgIpc) is 3.32. The lowest BCUT2D eigenvalue weighted by molar-refractivity contribution is -0.112. The number of fused-ring (bicyclic) bond motifs is 1. The van der Waals surface area contributed by atoms with Crippen molar-refractivity contribution in [2.75, 3.05) is 29.6 Å². The van der Waals surface area contributed by atoms with E-state index < -0.39 is 0 Å². The maximum Gasteiger partial charge on any atom is 0.277 e. The number of carbonyl (C=O) groups is 1. The highest BCUT2D eigenvalue weighted by Crippen LogP contribution is 2.40. The fraction of sp³-hybridized carbons (Fsp3) is 0.143. The second-order valence-electron chi connectivity index (χ2n) is 6.51. The molecule has 0 bridgehead atoms. The molecule has 2 heterocycles. The van der Waals surface area contributed by atoms with Crippen molar-refractivity contribution in [2.24, 2.45) is 0 Å². The van der Waals surface area contributed by atoms with E-state index in [4.69, 9.17) is 16.0 Å². The topological polar surface area (TPSA) is 86.3 Å². The van der Waals surface area contributed by atoms with E-state index in [1.54, 1.807) is 24.3 Å². The van der Waals surface area contributed by atoms with Gasteiger partial charge in [-0.2, -0.15) is 5.26 Å². The van der Waals surface area contributed by atoms with Crippen molar-refractivity contribution >= 4 is 40.5 Å². The summed E-state index contributed by atoms with van der Waals surface area (Å²) in [5.74, 6) is 0.555. The first-order valence-electron chi connectivity index (χ1n) is 8.96. The summed E-state index contributed by atoms with van der Waals surface area (Å²) in [7, 11) is 3.68. The predicted octanol–water partition coefficient (Wildman–Crippen LogP) is 4.37. The molecule has 1 aromatic heterocycles. The number of Topliss-reactive ketones (excluding diaryl/α,β-unsaturated/α-hetero) is 1. The van der Waals surface area contributed by atoms with Crippen LogP contribution < -0.4 is 9.80 Å². The Bertz CT molecular complexity index is 1170. The highest BCUT2D eigenvalue weighted by molar-refractivity contribution is 7.99. The van der Waals surface area contributed by atoms with Crippen LogP contribution in [0.15, 0.2) is 69.6 Å². The molecule has 0 saturated heterocycles.